The number of nitrogens with zero attached hydrogens (tertiary/aromatic N) is 2. The number of aryl methyl sites for hydroxylation is 1. The third kappa shape index (κ3) is 3.94. The third-order valence-corrected chi connectivity index (χ3v) is 6.46. The molecule has 1 aromatic heterocycles. The maximum Gasteiger partial charge on any atom is 0.256 e. The van der Waals surface area contributed by atoms with Gasteiger partial charge in [-0.25, -0.2) is 4.39 Å². The standard InChI is InChI=1S/C24H26FN3O3/c25-17-8-6-16(7-9-17)22(29)27-24(12-13-24)21-11-10-19-18(26-21)4-3-14-28(19)23(30)20-5-1-2-15-31-20/h6-11,20H,1-5,12-15H2,(H,27,29). The fourth-order valence-electron chi connectivity index (χ4n) is 4.51. The van der Waals surface area contributed by atoms with Crippen LogP contribution < -0.4 is 10.2 Å². The van der Waals surface area contributed by atoms with E-state index < -0.39 is 5.54 Å². The number of carbonyl (C=O) groups excluding carboxylic acids is 2. The maximum absolute atomic E-state index is 13.2. The van der Waals surface area contributed by atoms with Crippen molar-refractivity contribution in [3.05, 3.63) is 59.2 Å². The molecule has 0 radical (unpaired) electrons. The molecule has 2 amide bonds. The van der Waals surface area contributed by atoms with Gasteiger partial charge < -0.3 is 15.0 Å². The van der Waals surface area contributed by atoms with Crippen LogP contribution in [0, 0.1) is 5.82 Å². The van der Waals surface area contributed by atoms with Crippen LogP contribution in [-0.4, -0.2) is 36.1 Å². The van der Waals surface area contributed by atoms with Crippen molar-refractivity contribution in [2.24, 2.45) is 0 Å². The van der Waals surface area contributed by atoms with Gasteiger partial charge in [0.05, 0.1) is 22.6 Å². The number of amides is 2. The van der Waals surface area contributed by atoms with Gasteiger partial charge in [-0.1, -0.05) is 0 Å². The summed E-state index contributed by atoms with van der Waals surface area (Å²) >= 11 is 0. The summed E-state index contributed by atoms with van der Waals surface area (Å²) < 4.78 is 18.9. The third-order valence-electron chi connectivity index (χ3n) is 6.46. The Labute approximate surface area is 180 Å². The van der Waals surface area contributed by atoms with Gasteiger partial charge in [-0.05, 0) is 81.3 Å². The minimum atomic E-state index is -0.487. The summed E-state index contributed by atoms with van der Waals surface area (Å²) in [5.74, 6) is -0.573. The molecule has 3 heterocycles. The number of pyridine rings is 1. The smallest absolute Gasteiger partial charge is 0.256 e. The molecule has 2 fully saturated rings. The highest BCUT2D eigenvalue weighted by Gasteiger charge is 2.47. The number of anilines is 1. The fourth-order valence-corrected chi connectivity index (χ4v) is 4.51. The molecule has 2 aliphatic heterocycles. The van der Waals surface area contributed by atoms with Crippen molar-refractivity contribution in [3.63, 3.8) is 0 Å². The Bertz CT molecular complexity index is 998. The lowest BCUT2D eigenvalue weighted by molar-refractivity contribution is -0.132. The topological polar surface area (TPSA) is 71.5 Å². The van der Waals surface area contributed by atoms with Crippen LogP contribution in [0.4, 0.5) is 10.1 Å². The molecule has 3 aliphatic rings. The number of halogens is 1. The highest BCUT2D eigenvalue weighted by atomic mass is 19.1. The Hall–Kier alpha value is -2.80. The number of ether oxygens (including phenoxy) is 1. The molecule has 5 rings (SSSR count). The first-order chi connectivity index (χ1) is 15.1. The van der Waals surface area contributed by atoms with E-state index in [2.05, 4.69) is 5.32 Å². The average Bonchev–Trinajstić information content (AvgIpc) is 3.59. The molecule has 1 N–H and O–H groups in total. The van der Waals surface area contributed by atoms with Crippen molar-refractivity contribution in [3.8, 4) is 0 Å². The zero-order chi connectivity index (χ0) is 21.4. The minimum absolute atomic E-state index is 0.0287. The molecule has 1 aliphatic carbocycles. The molecule has 162 valence electrons. The van der Waals surface area contributed by atoms with Crippen molar-refractivity contribution in [1.82, 2.24) is 10.3 Å². The predicted molar refractivity (Wildman–Crippen MR) is 113 cm³/mol. The summed E-state index contributed by atoms with van der Waals surface area (Å²) in [6, 6.07) is 9.42. The first kappa shape index (κ1) is 20.1. The Morgan fingerprint density at radius 3 is 2.61 bits per heavy atom. The Kier molecular flexibility index (Phi) is 5.22. The molecule has 0 spiro atoms. The molecule has 6 nitrogen and oxygen atoms in total. The number of hydrogen-bond acceptors (Lipinski definition) is 4. The number of nitrogens with one attached hydrogen (secondary N) is 1. The monoisotopic (exact) mass is 423 g/mol. The lowest BCUT2D eigenvalue weighted by Crippen LogP contribution is -2.44. The minimum Gasteiger partial charge on any atom is -0.368 e. The predicted octanol–water partition coefficient (Wildman–Crippen LogP) is 3.49. The van der Waals surface area contributed by atoms with Crippen molar-refractivity contribution in [2.75, 3.05) is 18.1 Å². The number of fused-ring (bicyclic) bond motifs is 1. The maximum atomic E-state index is 13.2. The number of rotatable bonds is 4. The zero-order valence-corrected chi connectivity index (χ0v) is 17.4. The van der Waals surface area contributed by atoms with E-state index in [1.54, 1.807) is 0 Å². The van der Waals surface area contributed by atoms with Crippen LogP contribution >= 0.6 is 0 Å². The quantitative estimate of drug-likeness (QED) is 0.817. The van der Waals surface area contributed by atoms with Crippen molar-refractivity contribution < 1.29 is 18.7 Å². The average molecular weight is 423 g/mol. The molecule has 7 heteroatoms. The normalized spacial score (nSPS) is 21.8. The lowest BCUT2D eigenvalue weighted by atomic mass is 10.0. The van der Waals surface area contributed by atoms with Crippen molar-refractivity contribution >= 4 is 17.5 Å². The van der Waals surface area contributed by atoms with Gasteiger partial charge in [0.1, 0.15) is 11.9 Å². The lowest BCUT2D eigenvalue weighted by Gasteiger charge is -2.33. The molecular weight excluding hydrogens is 397 g/mol. The van der Waals surface area contributed by atoms with Crippen LogP contribution in [0.3, 0.4) is 0 Å². The number of carbonyl (C=O) groups is 2. The number of hydrogen-bond donors (Lipinski definition) is 1. The highest BCUT2D eigenvalue weighted by Crippen LogP contribution is 2.46. The summed E-state index contributed by atoms with van der Waals surface area (Å²) in [5, 5.41) is 3.09. The molecule has 1 aromatic carbocycles. The molecule has 1 unspecified atom stereocenters. The van der Waals surface area contributed by atoms with Gasteiger partial charge in [0.15, 0.2) is 0 Å². The van der Waals surface area contributed by atoms with E-state index in [9.17, 15) is 14.0 Å². The Morgan fingerprint density at radius 2 is 1.90 bits per heavy atom. The fraction of sp³-hybridized carbons (Fsp3) is 0.458. The molecule has 1 atom stereocenters. The van der Waals surface area contributed by atoms with Gasteiger partial charge in [-0.15, -0.1) is 0 Å². The molecule has 2 aromatic rings. The van der Waals surface area contributed by atoms with E-state index in [1.807, 2.05) is 17.0 Å². The van der Waals surface area contributed by atoms with Crippen LogP contribution in [0.15, 0.2) is 36.4 Å². The molecule has 1 saturated carbocycles. The van der Waals surface area contributed by atoms with Gasteiger partial charge in [-0.2, -0.15) is 0 Å². The van der Waals surface area contributed by atoms with Crippen LogP contribution in [0.5, 0.6) is 0 Å². The van der Waals surface area contributed by atoms with Crippen LogP contribution in [0.25, 0.3) is 0 Å². The summed E-state index contributed by atoms with van der Waals surface area (Å²) in [6.45, 7) is 1.32. The summed E-state index contributed by atoms with van der Waals surface area (Å²) in [4.78, 5) is 32.4. The van der Waals surface area contributed by atoms with Crippen LogP contribution in [0.2, 0.25) is 0 Å². The molecule has 1 saturated heterocycles. The van der Waals surface area contributed by atoms with Crippen molar-refractivity contribution in [2.45, 2.75) is 56.6 Å². The van der Waals surface area contributed by atoms with Crippen molar-refractivity contribution in [1.29, 1.82) is 0 Å². The van der Waals surface area contributed by atoms with E-state index in [-0.39, 0.29) is 23.7 Å². The van der Waals surface area contributed by atoms with E-state index in [4.69, 9.17) is 9.72 Å². The van der Waals surface area contributed by atoms with E-state index in [0.29, 0.717) is 18.7 Å². The molecule has 31 heavy (non-hydrogen) atoms. The van der Waals surface area contributed by atoms with Gasteiger partial charge in [0, 0.05) is 18.7 Å². The summed E-state index contributed by atoms with van der Waals surface area (Å²) in [5.41, 5.74) is 2.52. The molecular formula is C24H26FN3O3. The SMILES string of the molecule is O=C(NC1(c2ccc3c(n2)CCCN3C(=O)C2CCCCO2)CC1)c1ccc(F)cc1. The second-order valence-electron chi connectivity index (χ2n) is 8.65. The van der Waals surface area contributed by atoms with E-state index >= 15 is 0 Å². The Balaban J connectivity index is 1.35. The van der Waals surface area contributed by atoms with Crippen LogP contribution in [0.1, 0.15) is 60.3 Å². The van der Waals surface area contributed by atoms with E-state index in [1.165, 1.54) is 24.3 Å². The first-order valence-electron chi connectivity index (χ1n) is 11.1. The zero-order valence-electron chi connectivity index (χ0n) is 17.4. The second-order valence-corrected chi connectivity index (χ2v) is 8.65. The first-order valence-corrected chi connectivity index (χ1v) is 11.1. The number of benzene rings is 1. The van der Waals surface area contributed by atoms with Gasteiger partial charge in [-0.3, -0.25) is 14.6 Å². The van der Waals surface area contributed by atoms with Gasteiger partial charge >= 0.3 is 0 Å². The van der Waals surface area contributed by atoms with Gasteiger partial charge in [0.25, 0.3) is 11.8 Å². The van der Waals surface area contributed by atoms with Crippen LogP contribution in [-0.2, 0) is 21.5 Å². The largest absolute Gasteiger partial charge is 0.368 e. The van der Waals surface area contributed by atoms with E-state index in [0.717, 1.165) is 62.0 Å². The summed E-state index contributed by atoms with van der Waals surface area (Å²) in [6.07, 6.45) is 5.73. The molecule has 0 bridgehead atoms. The Morgan fingerprint density at radius 1 is 1.10 bits per heavy atom. The number of aromatic nitrogens is 1. The summed E-state index contributed by atoms with van der Waals surface area (Å²) in [7, 11) is 0. The second kappa shape index (κ2) is 8.04. The van der Waals surface area contributed by atoms with Gasteiger partial charge in [0.2, 0.25) is 0 Å². The highest BCUT2D eigenvalue weighted by molar-refractivity contribution is 5.97.